The second-order valence-electron chi connectivity index (χ2n) is 4.30. The van der Waals surface area contributed by atoms with Crippen LogP contribution in [-0.4, -0.2) is 49.3 Å². The van der Waals surface area contributed by atoms with Crippen LogP contribution in [-0.2, 0) is 4.74 Å². The first-order valence-corrected chi connectivity index (χ1v) is 5.53. The molecule has 108 valence electrons. The maximum absolute atomic E-state index is 13.4. The SMILES string of the molecule is C#C[C@]1(CO)O[C@@H](n2cc(F)c(N)nc2=O)C(O)[C@H]1O. The van der Waals surface area contributed by atoms with E-state index in [1.165, 1.54) is 0 Å². The molecule has 1 saturated heterocycles. The summed E-state index contributed by atoms with van der Waals surface area (Å²) in [6.07, 6.45) is 1.03. The topological polar surface area (TPSA) is 131 Å². The minimum atomic E-state index is -1.89. The van der Waals surface area contributed by atoms with Crippen LogP contribution in [0.15, 0.2) is 11.0 Å². The molecular formula is C11H12FN3O5. The lowest BCUT2D eigenvalue weighted by molar-refractivity contribution is -0.0938. The summed E-state index contributed by atoms with van der Waals surface area (Å²) in [7, 11) is 0. The van der Waals surface area contributed by atoms with Crippen molar-refractivity contribution in [3.05, 3.63) is 22.5 Å². The molecule has 0 amide bonds. The van der Waals surface area contributed by atoms with E-state index in [2.05, 4.69) is 4.98 Å². The number of terminal acetylenes is 1. The molecule has 4 atom stereocenters. The average Bonchev–Trinajstić information content (AvgIpc) is 2.68. The number of aliphatic hydroxyl groups is 3. The summed E-state index contributed by atoms with van der Waals surface area (Å²) in [6, 6.07) is 0. The Morgan fingerprint density at radius 1 is 1.65 bits per heavy atom. The second kappa shape index (κ2) is 4.84. The summed E-state index contributed by atoms with van der Waals surface area (Å²) < 4.78 is 19.1. The fraction of sp³-hybridized carbons (Fsp3) is 0.455. The van der Waals surface area contributed by atoms with Crippen LogP contribution >= 0.6 is 0 Å². The van der Waals surface area contributed by atoms with Crippen molar-refractivity contribution in [3.8, 4) is 12.3 Å². The lowest BCUT2D eigenvalue weighted by Gasteiger charge is -2.23. The molecule has 0 bridgehead atoms. The van der Waals surface area contributed by atoms with E-state index < -0.39 is 48.0 Å². The first-order chi connectivity index (χ1) is 9.36. The highest BCUT2D eigenvalue weighted by atomic mass is 19.1. The van der Waals surface area contributed by atoms with Crippen molar-refractivity contribution in [1.29, 1.82) is 0 Å². The van der Waals surface area contributed by atoms with Gasteiger partial charge in [0, 0.05) is 0 Å². The van der Waals surface area contributed by atoms with E-state index in [4.69, 9.17) is 16.9 Å². The highest BCUT2D eigenvalue weighted by Gasteiger charge is 2.54. The van der Waals surface area contributed by atoms with Gasteiger partial charge in [0.25, 0.3) is 0 Å². The van der Waals surface area contributed by atoms with Crippen LogP contribution in [0, 0.1) is 18.2 Å². The largest absolute Gasteiger partial charge is 0.392 e. The number of anilines is 1. The molecule has 1 aliphatic rings. The Balaban J connectivity index is 2.48. The molecular weight excluding hydrogens is 273 g/mol. The van der Waals surface area contributed by atoms with Crippen LogP contribution in [0.25, 0.3) is 0 Å². The molecule has 5 N–H and O–H groups in total. The molecule has 1 aliphatic heterocycles. The number of ether oxygens (including phenoxy) is 1. The fourth-order valence-electron chi connectivity index (χ4n) is 1.94. The van der Waals surface area contributed by atoms with Gasteiger partial charge in [0.05, 0.1) is 12.8 Å². The zero-order valence-corrected chi connectivity index (χ0v) is 10.1. The number of nitrogen functional groups attached to an aromatic ring is 1. The summed E-state index contributed by atoms with van der Waals surface area (Å²) in [5.74, 6) is 0.407. The molecule has 20 heavy (non-hydrogen) atoms. The van der Waals surface area contributed by atoms with Crippen molar-refractivity contribution in [1.82, 2.24) is 9.55 Å². The molecule has 1 fully saturated rings. The van der Waals surface area contributed by atoms with Gasteiger partial charge in [0.2, 0.25) is 0 Å². The van der Waals surface area contributed by atoms with E-state index >= 15 is 0 Å². The van der Waals surface area contributed by atoms with E-state index in [1.807, 2.05) is 5.92 Å². The number of hydrogen-bond acceptors (Lipinski definition) is 7. The molecule has 8 nitrogen and oxygen atoms in total. The Morgan fingerprint density at radius 2 is 2.30 bits per heavy atom. The molecule has 1 aromatic heterocycles. The molecule has 1 aromatic rings. The minimum Gasteiger partial charge on any atom is -0.392 e. The Labute approximate surface area is 112 Å². The maximum atomic E-state index is 13.4. The highest BCUT2D eigenvalue weighted by Crippen LogP contribution is 2.36. The maximum Gasteiger partial charge on any atom is 0.351 e. The number of hydrogen-bond donors (Lipinski definition) is 4. The van der Waals surface area contributed by atoms with Crippen LogP contribution in [0.1, 0.15) is 6.23 Å². The Kier molecular flexibility index (Phi) is 3.49. The van der Waals surface area contributed by atoms with Crippen molar-refractivity contribution < 1.29 is 24.4 Å². The molecule has 0 aliphatic carbocycles. The fourth-order valence-corrected chi connectivity index (χ4v) is 1.94. The zero-order valence-electron chi connectivity index (χ0n) is 10.1. The first-order valence-electron chi connectivity index (χ1n) is 5.53. The van der Waals surface area contributed by atoms with Crippen molar-refractivity contribution in [2.45, 2.75) is 24.0 Å². The normalized spacial score (nSPS) is 33.0. The van der Waals surface area contributed by atoms with E-state index in [9.17, 15) is 24.5 Å². The van der Waals surface area contributed by atoms with Gasteiger partial charge in [-0.1, -0.05) is 5.92 Å². The summed E-state index contributed by atoms with van der Waals surface area (Å²) >= 11 is 0. The lowest BCUT2D eigenvalue weighted by atomic mass is 9.97. The predicted octanol–water partition coefficient (Wildman–Crippen LogP) is -2.42. The van der Waals surface area contributed by atoms with Crippen LogP contribution in [0.2, 0.25) is 0 Å². The number of nitrogens with two attached hydrogens (primary N) is 1. The Morgan fingerprint density at radius 3 is 2.80 bits per heavy atom. The number of aliphatic hydroxyl groups excluding tert-OH is 3. The van der Waals surface area contributed by atoms with Gasteiger partial charge in [0.15, 0.2) is 23.5 Å². The molecule has 0 saturated carbocycles. The third-order valence-electron chi connectivity index (χ3n) is 3.11. The molecule has 2 heterocycles. The summed E-state index contributed by atoms with van der Waals surface area (Å²) in [4.78, 5) is 14.8. The molecule has 2 rings (SSSR count). The van der Waals surface area contributed by atoms with E-state index in [-0.39, 0.29) is 0 Å². The van der Waals surface area contributed by atoms with Gasteiger partial charge in [-0.05, 0) is 0 Å². The van der Waals surface area contributed by atoms with Crippen LogP contribution < -0.4 is 11.4 Å². The number of rotatable bonds is 2. The number of nitrogens with zero attached hydrogens (tertiary/aromatic N) is 2. The van der Waals surface area contributed by atoms with Gasteiger partial charge < -0.3 is 25.8 Å². The van der Waals surface area contributed by atoms with Crippen molar-refractivity contribution in [3.63, 3.8) is 0 Å². The second-order valence-corrected chi connectivity index (χ2v) is 4.30. The minimum absolute atomic E-state index is 0.605. The highest BCUT2D eigenvalue weighted by molar-refractivity contribution is 5.27. The van der Waals surface area contributed by atoms with Crippen molar-refractivity contribution >= 4 is 5.82 Å². The molecule has 1 unspecified atom stereocenters. The van der Waals surface area contributed by atoms with E-state index in [0.717, 1.165) is 0 Å². The summed E-state index contributed by atoms with van der Waals surface area (Å²) in [5, 5.41) is 28.9. The third kappa shape index (κ3) is 1.95. The van der Waals surface area contributed by atoms with Crippen LogP contribution in [0.4, 0.5) is 10.2 Å². The Hall–Kier alpha value is -1.99. The first kappa shape index (κ1) is 14.4. The van der Waals surface area contributed by atoms with Crippen molar-refractivity contribution in [2.24, 2.45) is 0 Å². The lowest BCUT2D eigenvalue weighted by Crippen LogP contribution is -2.45. The average molecular weight is 285 g/mol. The molecule has 9 heteroatoms. The van der Waals surface area contributed by atoms with Gasteiger partial charge >= 0.3 is 5.69 Å². The summed E-state index contributed by atoms with van der Waals surface area (Å²) in [6.45, 7) is -0.794. The zero-order chi connectivity index (χ0) is 15.1. The van der Waals surface area contributed by atoms with Gasteiger partial charge in [0.1, 0.15) is 12.2 Å². The third-order valence-corrected chi connectivity index (χ3v) is 3.11. The van der Waals surface area contributed by atoms with Gasteiger partial charge in [-0.25, -0.2) is 9.18 Å². The number of halogens is 1. The monoisotopic (exact) mass is 285 g/mol. The van der Waals surface area contributed by atoms with Gasteiger partial charge in [-0.2, -0.15) is 4.98 Å². The van der Waals surface area contributed by atoms with Crippen LogP contribution in [0.3, 0.4) is 0 Å². The Bertz CT molecular complexity index is 627. The smallest absolute Gasteiger partial charge is 0.351 e. The van der Waals surface area contributed by atoms with Crippen molar-refractivity contribution in [2.75, 3.05) is 12.3 Å². The number of aromatic nitrogens is 2. The van der Waals surface area contributed by atoms with Gasteiger partial charge in [-0.15, -0.1) is 6.42 Å². The molecule has 0 spiro atoms. The summed E-state index contributed by atoms with van der Waals surface area (Å²) in [5.41, 5.74) is 2.25. The standard InChI is InChI=1S/C11H12FN3O5/c1-2-11(4-16)7(18)6(17)9(20-11)15-3-5(12)8(13)14-10(15)19/h1,3,6-7,9,16-18H,4H2,(H2,13,14,19)/t6?,7-,9-,11-/m1/s1. The molecule has 0 aromatic carbocycles. The van der Waals surface area contributed by atoms with E-state index in [1.54, 1.807) is 0 Å². The van der Waals surface area contributed by atoms with Crippen LogP contribution in [0.5, 0.6) is 0 Å². The predicted molar refractivity (Wildman–Crippen MR) is 63.7 cm³/mol. The molecule has 0 radical (unpaired) electrons. The quantitative estimate of drug-likeness (QED) is 0.445. The van der Waals surface area contributed by atoms with E-state index in [0.29, 0.717) is 10.8 Å². The van der Waals surface area contributed by atoms with Gasteiger partial charge in [-0.3, -0.25) is 4.57 Å².